The fourth-order valence-electron chi connectivity index (χ4n) is 2.56. The fourth-order valence-corrected chi connectivity index (χ4v) is 2.99. The van der Waals surface area contributed by atoms with Crippen LogP contribution in [0.25, 0.3) is 0 Å². The fraction of sp³-hybridized carbons (Fsp3) is 1.00. The third-order valence-electron chi connectivity index (χ3n) is 3.95. The molecule has 3 heteroatoms. The SMILES string of the molecule is CSCCCC1(CNC2CC2)CCOCC1. The van der Waals surface area contributed by atoms with E-state index in [4.69, 9.17) is 4.74 Å². The molecular formula is C13H25NOS. The van der Waals surface area contributed by atoms with Gasteiger partial charge >= 0.3 is 0 Å². The summed E-state index contributed by atoms with van der Waals surface area (Å²) in [7, 11) is 0. The molecule has 1 aliphatic carbocycles. The topological polar surface area (TPSA) is 21.3 Å². The Labute approximate surface area is 104 Å². The number of nitrogens with one attached hydrogen (secondary N) is 1. The van der Waals surface area contributed by atoms with Crippen molar-refractivity contribution in [2.75, 3.05) is 31.8 Å². The summed E-state index contributed by atoms with van der Waals surface area (Å²) in [5, 5.41) is 3.73. The van der Waals surface area contributed by atoms with Gasteiger partial charge in [0.25, 0.3) is 0 Å². The predicted molar refractivity (Wildman–Crippen MR) is 71.1 cm³/mol. The van der Waals surface area contributed by atoms with Gasteiger partial charge in [-0.2, -0.15) is 11.8 Å². The first kappa shape index (κ1) is 12.7. The van der Waals surface area contributed by atoms with Crippen molar-refractivity contribution in [1.82, 2.24) is 5.32 Å². The maximum absolute atomic E-state index is 5.52. The molecule has 1 N–H and O–H groups in total. The molecule has 2 aliphatic rings. The Morgan fingerprint density at radius 2 is 2.06 bits per heavy atom. The molecule has 1 aliphatic heterocycles. The first-order valence-corrected chi connectivity index (χ1v) is 8.04. The Kier molecular flexibility index (Phi) is 4.98. The average Bonchev–Trinajstić information content (AvgIpc) is 3.12. The summed E-state index contributed by atoms with van der Waals surface area (Å²) < 4.78 is 5.52. The number of hydrogen-bond donors (Lipinski definition) is 1. The van der Waals surface area contributed by atoms with E-state index < -0.39 is 0 Å². The summed E-state index contributed by atoms with van der Waals surface area (Å²) in [4.78, 5) is 0. The van der Waals surface area contributed by atoms with Crippen molar-refractivity contribution in [3.8, 4) is 0 Å². The van der Waals surface area contributed by atoms with Crippen molar-refractivity contribution in [2.45, 2.75) is 44.6 Å². The normalized spacial score (nSPS) is 24.6. The molecule has 0 amide bonds. The lowest BCUT2D eigenvalue weighted by Gasteiger charge is -2.37. The third kappa shape index (κ3) is 3.94. The van der Waals surface area contributed by atoms with Crippen LogP contribution in [0.1, 0.15) is 38.5 Å². The molecule has 0 radical (unpaired) electrons. The van der Waals surface area contributed by atoms with E-state index in [0.717, 1.165) is 19.3 Å². The molecule has 1 saturated carbocycles. The molecule has 0 aromatic rings. The zero-order valence-electron chi connectivity index (χ0n) is 10.5. The second-order valence-electron chi connectivity index (χ2n) is 5.36. The van der Waals surface area contributed by atoms with Crippen molar-refractivity contribution >= 4 is 11.8 Å². The van der Waals surface area contributed by atoms with E-state index in [1.165, 1.54) is 50.8 Å². The highest BCUT2D eigenvalue weighted by atomic mass is 32.2. The van der Waals surface area contributed by atoms with Crippen LogP contribution >= 0.6 is 11.8 Å². The van der Waals surface area contributed by atoms with Gasteiger partial charge in [-0.05, 0) is 55.9 Å². The van der Waals surface area contributed by atoms with Gasteiger partial charge in [0.15, 0.2) is 0 Å². The van der Waals surface area contributed by atoms with Crippen LogP contribution in [0.4, 0.5) is 0 Å². The molecule has 2 rings (SSSR count). The number of thioether (sulfide) groups is 1. The second kappa shape index (κ2) is 6.27. The molecule has 0 aromatic heterocycles. The molecule has 2 nitrogen and oxygen atoms in total. The van der Waals surface area contributed by atoms with Crippen LogP contribution in [-0.2, 0) is 4.74 Å². The van der Waals surface area contributed by atoms with Crippen LogP contribution in [0.2, 0.25) is 0 Å². The Morgan fingerprint density at radius 3 is 2.69 bits per heavy atom. The van der Waals surface area contributed by atoms with Gasteiger partial charge in [-0.25, -0.2) is 0 Å². The van der Waals surface area contributed by atoms with Crippen LogP contribution in [-0.4, -0.2) is 37.8 Å². The summed E-state index contributed by atoms with van der Waals surface area (Å²) in [5.74, 6) is 1.31. The van der Waals surface area contributed by atoms with E-state index in [-0.39, 0.29) is 0 Å². The first-order valence-electron chi connectivity index (χ1n) is 6.65. The highest BCUT2D eigenvalue weighted by molar-refractivity contribution is 7.98. The van der Waals surface area contributed by atoms with E-state index in [2.05, 4.69) is 11.6 Å². The van der Waals surface area contributed by atoms with Crippen LogP contribution in [0.5, 0.6) is 0 Å². The van der Waals surface area contributed by atoms with E-state index >= 15 is 0 Å². The van der Waals surface area contributed by atoms with Gasteiger partial charge < -0.3 is 10.1 Å². The zero-order valence-corrected chi connectivity index (χ0v) is 11.3. The Hall–Kier alpha value is 0.270. The molecule has 1 heterocycles. The molecule has 1 saturated heterocycles. The van der Waals surface area contributed by atoms with Gasteiger partial charge in [0, 0.05) is 25.8 Å². The van der Waals surface area contributed by atoms with Crippen LogP contribution < -0.4 is 5.32 Å². The van der Waals surface area contributed by atoms with E-state index in [1.807, 2.05) is 11.8 Å². The number of rotatable bonds is 7. The molecule has 0 aromatic carbocycles. The van der Waals surface area contributed by atoms with Gasteiger partial charge in [-0.3, -0.25) is 0 Å². The third-order valence-corrected chi connectivity index (χ3v) is 4.65. The standard InChI is InChI=1S/C13H25NOS/c1-16-10-2-5-13(6-8-15-9-7-13)11-14-12-3-4-12/h12,14H,2-11H2,1H3. The Morgan fingerprint density at radius 1 is 1.31 bits per heavy atom. The highest BCUT2D eigenvalue weighted by Gasteiger charge is 2.33. The van der Waals surface area contributed by atoms with Crippen molar-refractivity contribution < 1.29 is 4.74 Å². The predicted octanol–water partition coefficient (Wildman–Crippen LogP) is 2.68. The minimum Gasteiger partial charge on any atom is -0.381 e. The van der Waals surface area contributed by atoms with E-state index in [0.29, 0.717) is 5.41 Å². The molecule has 0 unspecified atom stereocenters. The minimum absolute atomic E-state index is 0.552. The number of hydrogen-bond acceptors (Lipinski definition) is 3. The van der Waals surface area contributed by atoms with Crippen molar-refractivity contribution in [3.05, 3.63) is 0 Å². The molecule has 0 spiro atoms. The molecule has 0 bridgehead atoms. The molecule has 0 atom stereocenters. The van der Waals surface area contributed by atoms with E-state index in [1.54, 1.807) is 0 Å². The number of ether oxygens (including phenoxy) is 1. The Bertz CT molecular complexity index is 200. The minimum atomic E-state index is 0.552. The smallest absolute Gasteiger partial charge is 0.0471 e. The van der Waals surface area contributed by atoms with E-state index in [9.17, 15) is 0 Å². The molecular weight excluding hydrogens is 218 g/mol. The maximum Gasteiger partial charge on any atom is 0.0471 e. The van der Waals surface area contributed by atoms with Crippen LogP contribution in [0.3, 0.4) is 0 Å². The van der Waals surface area contributed by atoms with Crippen LogP contribution in [0.15, 0.2) is 0 Å². The molecule has 94 valence electrons. The summed E-state index contributed by atoms with van der Waals surface area (Å²) >= 11 is 1.97. The van der Waals surface area contributed by atoms with Gasteiger partial charge in [0.1, 0.15) is 0 Å². The maximum atomic E-state index is 5.52. The highest BCUT2D eigenvalue weighted by Crippen LogP contribution is 2.36. The lowest BCUT2D eigenvalue weighted by molar-refractivity contribution is 0.0100. The summed E-state index contributed by atoms with van der Waals surface area (Å²) in [6.45, 7) is 3.19. The summed E-state index contributed by atoms with van der Waals surface area (Å²) in [5.41, 5.74) is 0.552. The summed E-state index contributed by atoms with van der Waals surface area (Å²) in [6, 6.07) is 0.847. The largest absolute Gasteiger partial charge is 0.381 e. The summed E-state index contributed by atoms with van der Waals surface area (Å²) in [6.07, 6.45) is 10.3. The van der Waals surface area contributed by atoms with Gasteiger partial charge in [0.05, 0.1) is 0 Å². The Balaban J connectivity index is 1.77. The van der Waals surface area contributed by atoms with Crippen LogP contribution in [0, 0.1) is 5.41 Å². The van der Waals surface area contributed by atoms with Crippen molar-refractivity contribution in [3.63, 3.8) is 0 Å². The molecule has 2 fully saturated rings. The lowest BCUT2D eigenvalue weighted by Crippen LogP contribution is -2.40. The zero-order chi connectivity index (χ0) is 11.3. The monoisotopic (exact) mass is 243 g/mol. The van der Waals surface area contributed by atoms with Gasteiger partial charge in [-0.1, -0.05) is 0 Å². The average molecular weight is 243 g/mol. The lowest BCUT2D eigenvalue weighted by atomic mass is 9.76. The quantitative estimate of drug-likeness (QED) is 0.695. The first-order chi connectivity index (χ1) is 7.85. The van der Waals surface area contributed by atoms with Crippen molar-refractivity contribution in [1.29, 1.82) is 0 Å². The van der Waals surface area contributed by atoms with Gasteiger partial charge in [0.2, 0.25) is 0 Å². The van der Waals surface area contributed by atoms with Gasteiger partial charge in [-0.15, -0.1) is 0 Å². The second-order valence-corrected chi connectivity index (χ2v) is 6.35. The molecule has 16 heavy (non-hydrogen) atoms. The van der Waals surface area contributed by atoms with Crippen molar-refractivity contribution in [2.24, 2.45) is 5.41 Å².